The van der Waals surface area contributed by atoms with Crippen molar-refractivity contribution in [2.45, 2.75) is 57.0 Å². The summed E-state index contributed by atoms with van der Waals surface area (Å²) < 4.78 is 14.2. The van der Waals surface area contributed by atoms with Gasteiger partial charge >= 0.3 is 5.97 Å². The number of halogens is 1. The van der Waals surface area contributed by atoms with Gasteiger partial charge in [0.2, 0.25) is 11.6 Å². The van der Waals surface area contributed by atoms with Gasteiger partial charge in [-0.2, -0.15) is 0 Å². The van der Waals surface area contributed by atoms with Gasteiger partial charge in [-0.25, -0.2) is 9.18 Å². The Kier molecular flexibility index (Phi) is 3.08. The molecule has 0 aromatic carbocycles. The smallest absolute Gasteiger partial charge is 0.343 e. The molecule has 1 unspecified atom stereocenters. The highest BCUT2D eigenvalue weighted by Gasteiger charge is 2.53. The fourth-order valence-electron chi connectivity index (χ4n) is 6.10. The highest BCUT2D eigenvalue weighted by Crippen LogP contribution is 2.61. The van der Waals surface area contributed by atoms with Crippen molar-refractivity contribution in [1.82, 2.24) is 4.90 Å². The van der Waals surface area contributed by atoms with Crippen LogP contribution in [0.3, 0.4) is 0 Å². The highest BCUT2D eigenvalue weighted by atomic mass is 19.1. The Morgan fingerprint density at radius 2 is 1.64 bits per heavy atom. The quantitative estimate of drug-likeness (QED) is 0.872. The van der Waals surface area contributed by atoms with Crippen molar-refractivity contribution in [3.05, 3.63) is 0 Å². The first-order valence-electron chi connectivity index (χ1n) is 8.58. The minimum atomic E-state index is -2.24. The van der Waals surface area contributed by atoms with Crippen molar-refractivity contribution in [2.24, 2.45) is 23.2 Å². The number of carboxylic acids is 1. The second kappa shape index (κ2) is 4.68. The van der Waals surface area contributed by atoms with Crippen LogP contribution in [0.25, 0.3) is 0 Å². The lowest BCUT2D eigenvalue weighted by Crippen LogP contribution is -2.48. The molecular weight excluding hydrogens is 285 g/mol. The van der Waals surface area contributed by atoms with Crippen molar-refractivity contribution in [2.75, 3.05) is 13.1 Å². The molecule has 0 radical (unpaired) electrons. The number of alkyl halides is 1. The Hall–Kier alpha value is -1.13. The number of carboxylic acid groups (broad SMARTS) is 1. The van der Waals surface area contributed by atoms with Gasteiger partial charge in [-0.3, -0.25) is 4.79 Å². The van der Waals surface area contributed by atoms with Gasteiger partial charge in [0.1, 0.15) is 0 Å². The first kappa shape index (κ1) is 14.5. The second-order valence-corrected chi connectivity index (χ2v) is 8.43. The third-order valence-corrected chi connectivity index (χ3v) is 6.65. The maximum absolute atomic E-state index is 14.2. The molecule has 5 rings (SSSR count). The number of nitrogens with zero attached hydrogens (tertiary/aromatic N) is 1. The Labute approximate surface area is 130 Å². The first-order chi connectivity index (χ1) is 10.4. The largest absolute Gasteiger partial charge is 0.479 e. The lowest BCUT2D eigenvalue weighted by molar-refractivity contribution is -0.150. The van der Waals surface area contributed by atoms with Crippen molar-refractivity contribution in [3.8, 4) is 0 Å². The summed E-state index contributed by atoms with van der Waals surface area (Å²) in [5.41, 5.74) is -2.10. The number of hydrogen-bond donors (Lipinski definition) is 1. The molecule has 4 bridgehead atoms. The fourth-order valence-corrected chi connectivity index (χ4v) is 6.10. The molecule has 5 heteroatoms. The Balaban J connectivity index is 1.44. The van der Waals surface area contributed by atoms with Crippen molar-refractivity contribution >= 4 is 11.9 Å². The number of rotatable bonds is 3. The summed E-state index contributed by atoms with van der Waals surface area (Å²) in [6, 6.07) is 0. The highest BCUT2D eigenvalue weighted by molar-refractivity contribution is 5.82. The molecule has 22 heavy (non-hydrogen) atoms. The van der Waals surface area contributed by atoms with Gasteiger partial charge in [-0.05, 0) is 61.7 Å². The zero-order chi connectivity index (χ0) is 15.5. The molecule has 0 spiro atoms. The molecule has 5 fully saturated rings. The molecule has 4 saturated carbocycles. The molecule has 1 atom stereocenters. The molecule has 122 valence electrons. The Morgan fingerprint density at radius 3 is 2.09 bits per heavy atom. The van der Waals surface area contributed by atoms with E-state index in [1.54, 1.807) is 0 Å². The van der Waals surface area contributed by atoms with Crippen LogP contribution < -0.4 is 0 Å². The van der Waals surface area contributed by atoms with Crippen LogP contribution in [0, 0.1) is 23.2 Å². The lowest BCUT2D eigenvalue weighted by Gasteiger charge is -2.56. The number of likely N-dealkylation sites (tertiary alicyclic amines) is 1. The van der Waals surface area contributed by atoms with Crippen LogP contribution in [-0.4, -0.2) is 40.6 Å². The van der Waals surface area contributed by atoms with Crippen LogP contribution in [0.4, 0.5) is 4.39 Å². The number of aliphatic carboxylic acids is 1. The van der Waals surface area contributed by atoms with E-state index in [9.17, 15) is 14.0 Å². The monoisotopic (exact) mass is 309 g/mol. The Bertz CT molecular complexity index is 485. The summed E-state index contributed by atoms with van der Waals surface area (Å²) >= 11 is 0. The van der Waals surface area contributed by atoms with E-state index >= 15 is 0 Å². The van der Waals surface area contributed by atoms with E-state index in [1.807, 2.05) is 0 Å². The molecule has 4 aliphatic carbocycles. The zero-order valence-electron chi connectivity index (χ0n) is 12.9. The second-order valence-electron chi connectivity index (χ2n) is 8.43. The van der Waals surface area contributed by atoms with Gasteiger partial charge < -0.3 is 10.0 Å². The van der Waals surface area contributed by atoms with E-state index < -0.39 is 11.6 Å². The van der Waals surface area contributed by atoms with E-state index in [0.29, 0.717) is 6.42 Å². The van der Waals surface area contributed by atoms with Gasteiger partial charge in [0.05, 0.1) is 6.54 Å². The molecule has 1 amide bonds. The van der Waals surface area contributed by atoms with Crippen LogP contribution in [0.2, 0.25) is 0 Å². The number of carbonyl (C=O) groups is 2. The minimum Gasteiger partial charge on any atom is -0.479 e. The standard InChI is InChI=1S/C17H24FNO3/c18-17(15(21)22)1-2-19(10-17)14(20)9-16-6-11-3-12(7-16)5-13(4-11)8-16/h11-13H,1-10H2,(H,21,22). The molecule has 0 aromatic rings. The van der Waals surface area contributed by atoms with E-state index in [2.05, 4.69) is 0 Å². The van der Waals surface area contributed by atoms with Gasteiger partial charge in [0, 0.05) is 19.4 Å². The van der Waals surface area contributed by atoms with Crippen LogP contribution >= 0.6 is 0 Å². The van der Waals surface area contributed by atoms with Crippen molar-refractivity contribution in [3.63, 3.8) is 0 Å². The number of hydrogen-bond acceptors (Lipinski definition) is 2. The lowest BCUT2D eigenvalue weighted by atomic mass is 9.49. The third kappa shape index (κ3) is 2.24. The summed E-state index contributed by atoms with van der Waals surface area (Å²) in [5.74, 6) is 0.908. The van der Waals surface area contributed by atoms with Crippen LogP contribution in [0.1, 0.15) is 51.4 Å². The van der Waals surface area contributed by atoms with E-state index in [0.717, 1.165) is 37.0 Å². The molecule has 4 nitrogen and oxygen atoms in total. The summed E-state index contributed by atoms with van der Waals surface area (Å²) in [6.07, 6.45) is 7.90. The number of amides is 1. The molecule has 5 aliphatic rings. The fraction of sp³-hybridized carbons (Fsp3) is 0.882. The summed E-state index contributed by atoms with van der Waals surface area (Å²) in [4.78, 5) is 25.0. The SMILES string of the molecule is O=C(CC12CC3CC(CC(C3)C1)C2)N1CCC(F)(C(=O)O)C1. The van der Waals surface area contributed by atoms with Crippen LogP contribution in [-0.2, 0) is 9.59 Å². The normalized spacial score (nSPS) is 46.2. The summed E-state index contributed by atoms with van der Waals surface area (Å²) in [7, 11) is 0. The molecule has 1 saturated heterocycles. The van der Waals surface area contributed by atoms with Gasteiger partial charge in [-0.1, -0.05) is 0 Å². The van der Waals surface area contributed by atoms with Crippen LogP contribution in [0.15, 0.2) is 0 Å². The van der Waals surface area contributed by atoms with Crippen molar-refractivity contribution in [1.29, 1.82) is 0 Å². The zero-order valence-corrected chi connectivity index (χ0v) is 12.9. The Morgan fingerprint density at radius 1 is 1.09 bits per heavy atom. The van der Waals surface area contributed by atoms with Gasteiger partial charge in [-0.15, -0.1) is 0 Å². The third-order valence-electron chi connectivity index (χ3n) is 6.65. The van der Waals surface area contributed by atoms with Crippen molar-refractivity contribution < 1.29 is 19.1 Å². The maximum Gasteiger partial charge on any atom is 0.343 e. The molecular formula is C17H24FNO3. The molecule has 1 N–H and O–H groups in total. The average molecular weight is 309 g/mol. The average Bonchev–Trinajstić information content (AvgIpc) is 2.81. The summed E-state index contributed by atoms with van der Waals surface area (Å²) in [6.45, 7) is -0.0263. The topological polar surface area (TPSA) is 57.6 Å². The van der Waals surface area contributed by atoms with Crippen LogP contribution in [0.5, 0.6) is 0 Å². The van der Waals surface area contributed by atoms with E-state index in [4.69, 9.17) is 5.11 Å². The molecule has 0 aromatic heterocycles. The predicted octanol–water partition coefficient (Wildman–Crippen LogP) is 2.62. The first-order valence-corrected chi connectivity index (χ1v) is 8.58. The van der Waals surface area contributed by atoms with Gasteiger partial charge in [0.25, 0.3) is 0 Å². The van der Waals surface area contributed by atoms with E-state index in [-0.39, 0.29) is 30.8 Å². The minimum absolute atomic E-state index is 0.0253. The maximum atomic E-state index is 14.2. The summed E-state index contributed by atoms with van der Waals surface area (Å²) in [5, 5.41) is 8.96. The molecule has 1 aliphatic heterocycles. The number of carbonyl (C=O) groups excluding carboxylic acids is 1. The van der Waals surface area contributed by atoms with E-state index in [1.165, 1.54) is 24.2 Å². The molecule has 1 heterocycles. The van der Waals surface area contributed by atoms with Gasteiger partial charge in [0.15, 0.2) is 0 Å². The predicted molar refractivity (Wildman–Crippen MR) is 77.9 cm³/mol.